The van der Waals surface area contributed by atoms with E-state index >= 15 is 0 Å². The molecule has 0 atom stereocenters. The molecule has 0 aliphatic rings. The van der Waals surface area contributed by atoms with Gasteiger partial charge in [0, 0.05) is 10.6 Å². The number of nitrogens with zero attached hydrogens (tertiary/aromatic N) is 1. The predicted molar refractivity (Wildman–Crippen MR) is 82.0 cm³/mol. The van der Waals surface area contributed by atoms with Gasteiger partial charge in [0.05, 0.1) is 24.3 Å². The highest BCUT2D eigenvalue weighted by atomic mass is 35.5. The Hall–Kier alpha value is -2.71. The van der Waals surface area contributed by atoms with E-state index in [0.717, 1.165) is 0 Å². The summed E-state index contributed by atoms with van der Waals surface area (Å²) in [5.74, 6) is 0.283. The average Bonchev–Trinajstić information content (AvgIpc) is 2.53. The van der Waals surface area contributed by atoms with Gasteiger partial charge < -0.3 is 15.2 Å². The van der Waals surface area contributed by atoms with E-state index in [1.807, 2.05) is 0 Å². The molecule has 0 saturated heterocycles. The van der Waals surface area contributed by atoms with Crippen LogP contribution in [0.25, 0.3) is 0 Å². The molecule has 1 amide bonds. The van der Waals surface area contributed by atoms with Gasteiger partial charge in [0.1, 0.15) is 18.1 Å². The highest BCUT2D eigenvalue weighted by molar-refractivity contribution is 6.31. The second-order valence-electron chi connectivity index (χ2n) is 4.43. The van der Waals surface area contributed by atoms with Crippen LogP contribution in [0.3, 0.4) is 0 Å². The van der Waals surface area contributed by atoms with E-state index in [2.05, 4.69) is 6.07 Å². The highest BCUT2D eigenvalue weighted by Gasteiger charge is 2.12. The van der Waals surface area contributed by atoms with Crippen LogP contribution in [0.5, 0.6) is 11.5 Å². The zero-order valence-electron chi connectivity index (χ0n) is 11.8. The van der Waals surface area contributed by atoms with Crippen LogP contribution in [-0.2, 0) is 6.61 Å². The van der Waals surface area contributed by atoms with Crippen molar-refractivity contribution < 1.29 is 14.3 Å². The van der Waals surface area contributed by atoms with Crippen LogP contribution in [-0.4, -0.2) is 13.0 Å². The molecule has 0 radical (unpaired) electrons. The highest BCUT2D eigenvalue weighted by Crippen LogP contribution is 2.26. The standard InChI is InChI=1S/C16H13ClN2O3/c1-21-14-4-2-10(8-18)6-11(14)9-22-15-5-3-12(17)7-13(15)16(19)20/h2-7H,9H2,1H3,(H2,19,20). The molecule has 0 fully saturated rings. The molecule has 2 aromatic rings. The fourth-order valence-corrected chi connectivity index (χ4v) is 2.11. The van der Waals surface area contributed by atoms with Gasteiger partial charge in [-0.25, -0.2) is 0 Å². The van der Waals surface area contributed by atoms with E-state index in [1.54, 1.807) is 30.3 Å². The zero-order valence-corrected chi connectivity index (χ0v) is 12.6. The summed E-state index contributed by atoms with van der Waals surface area (Å²) in [7, 11) is 1.53. The molecule has 0 heterocycles. The van der Waals surface area contributed by atoms with E-state index in [9.17, 15) is 4.79 Å². The Bertz CT molecular complexity index is 754. The SMILES string of the molecule is COc1ccc(C#N)cc1COc1ccc(Cl)cc1C(N)=O. The van der Waals surface area contributed by atoms with Crippen molar-refractivity contribution in [3.05, 3.63) is 58.1 Å². The Labute approximate surface area is 132 Å². The first-order valence-corrected chi connectivity index (χ1v) is 6.72. The quantitative estimate of drug-likeness (QED) is 0.919. The molecule has 0 aromatic heterocycles. The molecule has 22 heavy (non-hydrogen) atoms. The van der Waals surface area contributed by atoms with Gasteiger partial charge in [-0.05, 0) is 36.4 Å². The van der Waals surface area contributed by atoms with Crippen LogP contribution in [0.4, 0.5) is 0 Å². The third kappa shape index (κ3) is 3.48. The third-order valence-electron chi connectivity index (χ3n) is 3.00. The van der Waals surface area contributed by atoms with Gasteiger partial charge in [-0.3, -0.25) is 4.79 Å². The van der Waals surface area contributed by atoms with E-state index in [0.29, 0.717) is 27.6 Å². The van der Waals surface area contributed by atoms with E-state index in [1.165, 1.54) is 13.2 Å². The molecule has 2 rings (SSSR count). The summed E-state index contributed by atoms with van der Waals surface area (Å²) in [5, 5.41) is 9.34. The van der Waals surface area contributed by atoms with Gasteiger partial charge in [0.2, 0.25) is 0 Å². The molecular formula is C16H13ClN2O3. The van der Waals surface area contributed by atoms with Crippen LogP contribution in [0.1, 0.15) is 21.5 Å². The van der Waals surface area contributed by atoms with Crippen molar-refractivity contribution in [2.45, 2.75) is 6.61 Å². The number of ether oxygens (including phenoxy) is 2. The Morgan fingerprint density at radius 2 is 2.00 bits per heavy atom. The van der Waals surface area contributed by atoms with E-state index < -0.39 is 5.91 Å². The number of carbonyl (C=O) groups is 1. The Balaban J connectivity index is 2.27. The number of primary amides is 1. The minimum Gasteiger partial charge on any atom is -0.496 e. The molecule has 0 aliphatic heterocycles. The van der Waals surface area contributed by atoms with Gasteiger partial charge in [-0.2, -0.15) is 5.26 Å². The van der Waals surface area contributed by atoms with Crippen molar-refractivity contribution in [3.8, 4) is 17.6 Å². The van der Waals surface area contributed by atoms with Gasteiger partial charge in [0.15, 0.2) is 0 Å². The molecular weight excluding hydrogens is 304 g/mol. The number of nitrogens with two attached hydrogens (primary N) is 1. The summed E-state index contributed by atoms with van der Waals surface area (Å²) in [4.78, 5) is 11.4. The maximum atomic E-state index is 11.4. The second kappa shape index (κ2) is 6.83. The number of methoxy groups -OCH3 is 1. The Morgan fingerprint density at radius 3 is 2.64 bits per heavy atom. The lowest BCUT2D eigenvalue weighted by Gasteiger charge is -2.12. The first-order valence-electron chi connectivity index (χ1n) is 6.34. The summed E-state index contributed by atoms with van der Waals surface area (Å²) in [6.07, 6.45) is 0. The minimum absolute atomic E-state index is 0.126. The molecule has 112 valence electrons. The predicted octanol–water partition coefficient (Wildman–Crippen LogP) is 2.90. The van der Waals surface area contributed by atoms with Crippen LogP contribution >= 0.6 is 11.6 Å². The number of benzene rings is 2. The van der Waals surface area contributed by atoms with Crippen LogP contribution in [0, 0.1) is 11.3 Å². The monoisotopic (exact) mass is 316 g/mol. The molecule has 0 saturated carbocycles. The van der Waals surface area contributed by atoms with Crippen LogP contribution in [0.2, 0.25) is 5.02 Å². The van der Waals surface area contributed by atoms with Crippen LogP contribution < -0.4 is 15.2 Å². The molecule has 0 spiro atoms. The first-order chi connectivity index (χ1) is 10.5. The maximum absolute atomic E-state index is 11.4. The van der Waals surface area contributed by atoms with E-state index in [-0.39, 0.29) is 12.2 Å². The molecule has 0 bridgehead atoms. The molecule has 6 heteroatoms. The summed E-state index contributed by atoms with van der Waals surface area (Å²) in [5.41, 5.74) is 6.68. The van der Waals surface area contributed by atoms with E-state index in [4.69, 9.17) is 32.1 Å². The van der Waals surface area contributed by atoms with Crippen molar-refractivity contribution in [2.24, 2.45) is 5.73 Å². The Kier molecular flexibility index (Phi) is 4.87. The number of carbonyl (C=O) groups excluding carboxylic acids is 1. The zero-order chi connectivity index (χ0) is 16.1. The van der Waals surface area contributed by atoms with Crippen molar-refractivity contribution in [1.82, 2.24) is 0 Å². The average molecular weight is 317 g/mol. The van der Waals surface area contributed by atoms with Crippen molar-refractivity contribution in [2.75, 3.05) is 7.11 Å². The molecule has 0 aliphatic carbocycles. The lowest BCUT2D eigenvalue weighted by Crippen LogP contribution is -2.13. The number of halogens is 1. The fraction of sp³-hybridized carbons (Fsp3) is 0.125. The smallest absolute Gasteiger partial charge is 0.252 e. The maximum Gasteiger partial charge on any atom is 0.252 e. The van der Waals surface area contributed by atoms with Gasteiger partial charge >= 0.3 is 0 Å². The van der Waals surface area contributed by atoms with Crippen LogP contribution in [0.15, 0.2) is 36.4 Å². The lowest BCUT2D eigenvalue weighted by atomic mass is 10.1. The lowest BCUT2D eigenvalue weighted by molar-refractivity contribution is 0.0996. The number of amides is 1. The molecule has 2 N–H and O–H groups in total. The number of rotatable bonds is 5. The van der Waals surface area contributed by atoms with Gasteiger partial charge in [-0.15, -0.1) is 0 Å². The second-order valence-corrected chi connectivity index (χ2v) is 4.87. The van der Waals surface area contributed by atoms with Gasteiger partial charge in [-0.1, -0.05) is 11.6 Å². The summed E-state index contributed by atoms with van der Waals surface area (Å²) < 4.78 is 10.9. The molecule has 2 aromatic carbocycles. The normalized spacial score (nSPS) is 9.86. The minimum atomic E-state index is -0.629. The van der Waals surface area contributed by atoms with Crippen molar-refractivity contribution >= 4 is 17.5 Å². The number of hydrogen-bond donors (Lipinski definition) is 1. The van der Waals surface area contributed by atoms with Gasteiger partial charge in [0.25, 0.3) is 5.91 Å². The third-order valence-corrected chi connectivity index (χ3v) is 3.23. The number of nitriles is 1. The summed E-state index contributed by atoms with van der Waals surface area (Å²) in [6, 6.07) is 11.7. The first kappa shape index (κ1) is 15.7. The number of hydrogen-bond acceptors (Lipinski definition) is 4. The fourth-order valence-electron chi connectivity index (χ4n) is 1.94. The molecule has 0 unspecified atom stereocenters. The van der Waals surface area contributed by atoms with Crippen molar-refractivity contribution in [1.29, 1.82) is 5.26 Å². The Morgan fingerprint density at radius 1 is 1.27 bits per heavy atom. The summed E-state index contributed by atoms with van der Waals surface area (Å²) in [6.45, 7) is 0.126. The van der Waals surface area contributed by atoms with Crippen molar-refractivity contribution in [3.63, 3.8) is 0 Å². The summed E-state index contributed by atoms with van der Waals surface area (Å²) >= 11 is 5.85. The topological polar surface area (TPSA) is 85.3 Å². The molecule has 5 nitrogen and oxygen atoms in total. The largest absolute Gasteiger partial charge is 0.496 e.